The molecule has 2 N–H and O–H groups in total. The Morgan fingerprint density at radius 2 is 2.25 bits per heavy atom. The molecule has 2 heterocycles. The van der Waals surface area contributed by atoms with Gasteiger partial charge in [-0.15, -0.1) is 0 Å². The van der Waals surface area contributed by atoms with Crippen LogP contribution in [0.2, 0.25) is 0 Å². The summed E-state index contributed by atoms with van der Waals surface area (Å²) in [6.45, 7) is 4.68. The van der Waals surface area contributed by atoms with E-state index in [4.69, 9.17) is 5.73 Å². The Morgan fingerprint density at radius 1 is 1.45 bits per heavy atom. The third-order valence-electron chi connectivity index (χ3n) is 3.46. The fourth-order valence-corrected chi connectivity index (χ4v) is 2.43. The Kier molecular flexibility index (Phi) is 4.84. The van der Waals surface area contributed by atoms with Gasteiger partial charge in [0.25, 0.3) is 5.91 Å². The number of hydrazone groups is 1. The predicted molar refractivity (Wildman–Crippen MR) is 80.6 cm³/mol. The van der Waals surface area contributed by atoms with Gasteiger partial charge in [0.2, 0.25) is 0 Å². The van der Waals surface area contributed by atoms with Crippen LogP contribution in [0.25, 0.3) is 0 Å². The molecular weight excluding hydrogens is 252 g/mol. The second-order valence-corrected chi connectivity index (χ2v) is 5.17. The molecule has 0 spiro atoms. The maximum atomic E-state index is 12.5. The minimum atomic E-state index is -0.124. The zero-order valence-electron chi connectivity index (χ0n) is 12.2. The molecule has 1 aromatic rings. The molecule has 20 heavy (non-hydrogen) atoms. The number of nitrogens with two attached hydrogens (primary N) is 1. The highest BCUT2D eigenvalue weighted by molar-refractivity contribution is 6.15. The van der Waals surface area contributed by atoms with Gasteiger partial charge in [-0.25, -0.2) is 4.98 Å². The van der Waals surface area contributed by atoms with E-state index < -0.39 is 0 Å². The molecule has 0 saturated heterocycles. The number of carbonyl (C=O) groups excluding carboxylic acids is 1. The van der Waals surface area contributed by atoms with E-state index >= 15 is 0 Å². The van der Waals surface area contributed by atoms with Crippen LogP contribution in [-0.2, 0) is 4.79 Å². The van der Waals surface area contributed by atoms with Crippen molar-refractivity contribution >= 4 is 17.4 Å². The first-order chi connectivity index (χ1) is 9.67. The van der Waals surface area contributed by atoms with E-state index in [1.807, 2.05) is 19.1 Å². The van der Waals surface area contributed by atoms with Gasteiger partial charge in [-0.3, -0.25) is 4.79 Å². The van der Waals surface area contributed by atoms with E-state index in [1.165, 1.54) is 5.01 Å². The number of aryl methyl sites for hydroxylation is 1. The Hall–Kier alpha value is -1.75. The molecule has 0 radical (unpaired) electrons. The molecule has 2 rings (SSSR count). The predicted octanol–water partition coefficient (Wildman–Crippen LogP) is 2.25. The number of rotatable bonds is 6. The molecule has 0 saturated carbocycles. The third-order valence-corrected chi connectivity index (χ3v) is 3.46. The largest absolute Gasteiger partial charge is 0.330 e. The van der Waals surface area contributed by atoms with Crippen LogP contribution >= 0.6 is 0 Å². The number of hydrogen-bond acceptors (Lipinski definition) is 4. The lowest BCUT2D eigenvalue weighted by molar-refractivity contribution is -0.120. The molecule has 0 aliphatic carbocycles. The molecule has 5 nitrogen and oxygen atoms in total. The second-order valence-electron chi connectivity index (χ2n) is 5.17. The molecule has 1 atom stereocenters. The molecule has 1 amide bonds. The van der Waals surface area contributed by atoms with Gasteiger partial charge in [0.15, 0.2) is 5.82 Å². The van der Waals surface area contributed by atoms with Gasteiger partial charge in [-0.05, 0) is 50.4 Å². The molecule has 1 unspecified atom stereocenters. The summed E-state index contributed by atoms with van der Waals surface area (Å²) in [5.74, 6) is 0.514. The van der Waals surface area contributed by atoms with Gasteiger partial charge in [-0.1, -0.05) is 13.3 Å². The normalized spacial score (nSPS) is 18.6. The first-order valence-corrected chi connectivity index (χ1v) is 7.21. The van der Waals surface area contributed by atoms with Crippen LogP contribution in [0.15, 0.2) is 23.4 Å². The third kappa shape index (κ3) is 3.04. The van der Waals surface area contributed by atoms with Gasteiger partial charge in [0.05, 0.1) is 11.6 Å². The first kappa shape index (κ1) is 14.7. The topological polar surface area (TPSA) is 71.6 Å². The summed E-state index contributed by atoms with van der Waals surface area (Å²) in [6, 6.07) is 3.79. The van der Waals surface area contributed by atoms with Crippen molar-refractivity contribution in [2.24, 2.45) is 16.8 Å². The molecule has 0 aromatic carbocycles. The van der Waals surface area contributed by atoms with Crippen molar-refractivity contribution in [1.29, 1.82) is 0 Å². The van der Waals surface area contributed by atoms with Crippen LogP contribution in [-0.4, -0.2) is 23.1 Å². The first-order valence-electron chi connectivity index (χ1n) is 7.21. The molecule has 1 aliphatic rings. The lowest BCUT2D eigenvalue weighted by Gasteiger charge is -2.13. The Labute approximate surface area is 119 Å². The van der Waals surface area contributed by atoms with Crippen molar-refractivity contribution in [3.05, 3.63) is 23.9 Å². The number of amides is 1. The van der Waals surface area contributed by atoms with Gasteiger partial charge >= 0.3 is 0 Å². The molecule has 1 aliphatic heterocycles. The van der Waals surface area contributed by atoms with Crippen molar-refractivity contribution in [2.75, 3.05) is 11.6 Å². The number of carbonyl (C=O) groups is 1. The Balaban J connectivity index is 2.24. The number of pyridine rings is 1. The highest BCUT2D eigenvalue weighted by Gasteiger charge is 2.35. The lowest BCUT2D eigenvalue weighted by atomic mass is 9.95. The maximum Gasteiger partial charge on any atom is 0.257 e. The van der Waals surface area contributed by atoms with E-state index in [2.05, 4.69) is 17.0 Å². The molecule has 1 aromatic heterocycles. The monoisotopic (exact) mass is 274 g/mol. The standard InChI is InChI=1S/C15H22N4O/c1-3-5-13-12(6-4-8-16)15(20)19(18-13)14-10-11(2)7-9-17-14/h7,9-10,12H,3-6,8,16H2,1-2H3. The van der Waals surface area contributed by atoms with E-state index in [0.717, 1.165) is 37.0 Å². The minimum absolute atomic E-state index is 0.0278. The van der Waals surface area contributed by atoms with Gasteiger partial charge < -0.3 is 5.73 Å². The minimum Gasteiger partial charge on any atom is -0.330 e. The SMILES string of the molecule is CCCC1=NN(c2cc(C)ccn2)C(=O)C1CCCN. The van der Waals surface area contributed by atoms with Gasteiger partial charge in [-0.2, -0.15) is 10.1 Å². The Morgan fingerprint density at radius 3 is 2.90 bits per heavy atom. The van der Waals surface area contributed by atoms with Crippen molar-refractivity contribution < 1.29 is 4.79 Å². The summed E-state index contributed by atoms with van der Waals surface area (Å²) < 4.78 is 0. The zero-order chi connectivity index (χ0) is 14.5. The summed E-state index contributed by atoms with van der Waals surface area (Å²) in [7, 11) is 0. The van der Waals surface area contributed by atoms with Crippen molar-refractivity contribution in [2.45, 2.75) is 39.5 Å². The number of aromatic nitrogens is 1. The quantitative estimate of drug-likeness (QED) is 0.864. The fourth-order valence-electron chi connectivity index (χ4n) is 2.43. The fraction of sp³-hybridized carbons (Fsp3) is 0.533. The zero-order valence-corrected chi connectivity index (χ0v) is 12.2. The van der Waals surface area contributed by atoms with Gasteiger partial charge in [0, 0.05) is 6.20 Å². The summed E-state index contributed by atoms with van der Waals surface area (Å²) in [5, 5.41) is 5.96. The number of hydrogen-bond donors (Lipinski definition) is 1. The summed E-state index contributed by atoms with van der Waals surface area (Å²) in [6.07, 6.45) is 5.16. The van der Waals surface area contributed by atoms with Crippen LogP contribution in [0.4, 0.5) is 5.82 Å². The van der Waals surface area contributed by atoms with E-state index in [-0.39, 0.29) is 11.8 Å². The van der Waals surface area contributed by atoms with Crippen LogP contribution in [0, 0.1) is 12.8 Å². The van der Waals surface area contributed by atoms with Crippen LogP contribution < -0.4 is 10.7 Å². The highest BCUT2D eigenvalue weighted by Crippen LogP contribution is 2.27. The molecular formula is C15H22N4O. The Bertz CT molecular complexity index is 512. The molecule has 108 valence electrons. The van der Waals surface area contributed by atoms with E-state index in [1.54, 1.807) is 6.20 Å². The van der Waals surface area contributed by atoms with Crippen molar-refractivity contribution in [1.82, 2.24) is 4.98 Å². The van der Waals surface area contributed by atoms with Crippen LogP contribution in [0.1, 0.15) is 38.2 Å². The summed E-state index contributed by atoms with van der Waals surface area (Å²) in [5.41, 5.74) is 7.60. The average Bonchev–Trinajstić information content (AvgIpc) is 2.74. The summed E-state index contributed by atoms with van der Waals surface area (Å²) in [4.78, 5) is 16.8. The maximum absolute atomic E-state index is 12.5. The molecule has 0 fully saturated rings. The van der Waals surface area contributed by atoms with Crippen LogP contribution in [0.5, 0.6) is 0 Å². The number of nitrogens with zero attached hydrogens (tertiary/aromatic N) is 3. The van der Waals surface area contributed by atoms with E-state index in [9.17, 15) is 4.79 Å². The summed E-state index contributed by atoms with van der Waals surface area (Å²) >= 11 is 0. The van der Waals surface area contributed by atoms with Crippen molar-refractivity contribution in [3.8, 4) is 0 Å². The van der Waals surface area contributed by atoms with Gasteiger partial charge in [0.1, 0.15) is 0 Å². The van der Waals surface area contributed by atoms with Crippen molar-refractivity contribution in [3.63, 3.8) is 0 Å². The smallest absolute Gasteiger partial charge is 0.257 e. The molecule has 0 bridgehead atoms. The molecule has 5 heteroatoms. The number of anilines is 1. The van der Waals surface area contributed by atoms with E-state index in [0.29, 0.717) is 12.4 Å². The average molecular weight is 274 g/mol. The lowest BCUT2D eigenvalue weighted by Crippen LogP contribution is -2.28. The second kappa shape index (κ2) is 6.61. The van der Waals surface area contributed by atoms with Crippen LogP contribution in [0.3, 0.4) is 0 Å². The highest BCUT2D eigenvalue weighted by atomic mass is 16.2.